The largest absolute Gasteiger partial charge is 0.497 e. The lowest BCUT2D eigenvalue weighted by molar-refractivity contribution is 0.224. The third-order valence-corrected chi connectivity index (χ3v) is 5.73. The second-order valence-electron chi connectivity index (χ2n) is 7.56. The van der Waals surface area contributed by atoms with Crippen LogP contribution in [0.4, 0.5) is 0 Å². The van der Waals surface area contributed by atoms with Crippen LogP contribution < -0.4 is 28.4 Å². The first-order chi connectivity index (χ1) is 16.5. The molecule has 0 aromatic heterocycles. The molecule has 3 aromatic rings. The summed E-state index contributed by atoms with van der Waals surface area (Å²) >= 11 is 0. The van der Waals surface area contributed by atoms with E-state index in [-0.39, 0.29) is 0 Å². The highest BCUT2D eigenvalue weighted by atomic mass is 16.5. The Kier molecular flexibility index (Phi) is 6.72. The highest BCUT2D eigenvalue weighted by Gasteiger charge is 2.34. The Morgan fingerprint density at radius 1 is 0.618 bits per heavy atom. The van der Waals surface area contributed by atoms with E-state index in [4.69, 9.17) is 33.2 Å². The lowest BCUT2D eigenvalue weighted by atomic mass is 9.96. The van der Waals surface area contributed by atoms with Crippen LogP contribution in [-0.2, 0) is 4.74 Å². The van der Waals surface area contributed by atoms with Crippen molar-refractivity contribution in [3.8, 4) is 34.5 Å². The van der Waals surface area contributed by atoms with Gasteiger partial charge in [0, 0.05) is 23.3 Å². The molecule has 0 aliphatic carbocycles. The normalized spacial score (nSPS) is 15.4. The maximum absolute atomic E-state index is 6.54. The van der Waals surface area contributed by atoms with Gasteiger partial charge >= 0.3 is 0 Å². The summed E-state index contributed by atoms with van der Waals surface area (Å²) in [5, 5.41) is 0. The summed E-state index contributed by atoms with van der Waals surface area (Å²) in [6.45, 7) is 0. The molecule has 1 aliphatic heterocycles. The summed E-state index contributed by atoms with van der Waals surface area (Å²) < 4.78 is 39.6. The average molecular weight is 465 g/mol. The molecular formula is C27H28O7. The summed E-state index contributed by atoms with van der Waals surface area (Å²) in [5.74, 6) is 4.63. The maximum Gasteiger partial charge on any atom is 0.161 e. The van der Waals surface area contributed by atoms with Gasteiger partial charge in [0.05, 0.1) is 48.2 Å². The molecule has 0 bridgehead atoms. The Morgan fingerprint density at radius 2 is 1.24 bits per heavy atom. The van der Waals surface area contributed by atoms with Crippen molar-refractivity contribution in [2.24, 2.45) is 0 Å². The number of hydrogen-bond donors (Lipinski definition) is 0. The van der Waals surface area contributed by atoms with Crippen molar-refractivity contribution in [2.45, 2.75) is 6.10 Å². The minimum atomic E-state index is -0.439. The molecule has 34 heavy (non-hydrogen) atoms. The van der Waals surface area contributed by atoms with Crippen molar-refractivity contribution in [1.82, 2.24) is 0 Å². The number of methoxy groups -OCH3 is 6. The zero-order valence-electron chi connectivity index (χ0n) is 20.1. The minimum Gasteiger partial charge on any atom is -0.497 e. The van der Waals surface area contributed by atoms with Gasteiger partial charge in [0.15, 0.2) is 17.6 Å². The molecule has 0 radical (unpaired) electrons. The molecule has 7 nitrogen and oxygen atoms in total. The van der Waals surface area contributed by atoms with E-state index >= 15 is 0 Å². The number of hydrogen-bond acceptors (Lipinski definition) is 7. The first kappa shape index (κ1) is 23.2. The van der Waals surface area contributed by atoms with Crippen molar-refractivity contribution in [1.29, 1.82) is 0 Å². The molecule has 7 heteroatoms. The van der Waals surface area contributed by atoms with Crippen molar-refractivity contribution < 1.29 is 33.2 Å². The van der Waals surface area contributed by atoms with Gasteiger partial charge in [-0.05, 0) is 42.0 Å². The van der Waals surface area contributed by atoms with E-state index in [1.54, 1.807) is 42.7 Å². The second-order valence-corrected chi connectivity index (χ2v) is 7.56. The highest BCUT2D eigenvalue weighted by molar-refractivity contribution is 5.84. The van der Waals surface area contributed by atoms with E-state index < -0.39 is 6.10 Å². The Labute approximate surface area is 199 Å². The minimum absolute atomic E-state index is 0.439. The van der Waals surface area contributed by atoms with Crippen molar-refractivity contribution in [3.05, 3.63) is 70.8 Å². The van der Waals surface area contributed by atoms with Crippen LogP contribution in [-0.4, -0.2) is 42.7 Å². The monoisotopic (exact) mass is 464 g/mol. The van der Waals surface area contributed by atoms with Crippen molar-refractivity contribution >= 4 is 11.8 Å². The van der Waals surface area contributed by atoms with E-state index in [9.17, 15) is 0 Å². The van der Waals surface area contributed by atoms with E-state index in [0.29, 0.717) is 40.3 Å². The lowest BCUT2D eigenvalue weighted by Crippen LogP contribution is -2.02. The SMILES string of the molecule is COc1cc(OC)cc(C2OC(=Cc3ccc(OC)c(OC)c3)c3cc(OC)cc(OC)c32)c1. The molecule has 4 rings (SSSR count). The molecule has 0 fully saturated rings. The molecule has 0 saturated carbocycles. The zero-order valence-corrected chi connectivity index (χ0v) is 20.1. The third kappa shape index (κ3) is 4.29. The fourth-order valence-corrected chi connectivity index (χ4v) is 4.03. The van der Waals surface area contributed by atoms with Crippen molar-refractivity contribution in [2.75, 3.05) is 42.7 Å². The fraction of sp³-hybridized carbons (Fsp3) is 0.259. The van der Waals surface area contributed by atoms with Gasteiger partial charge in [0.2, 0.25) is 0 Å². The quantitative estimate of drug-likeness (QED) is 0.445. The number of benzene rings is 3. The fourth-order valence-electron chi connectivity index (χ4n) is 4.03. The summed E-state index contributed by atoms with van der Waals surface area (Å²) in [4.78, 5) is 0. The van der Waals surface area contributed by atoms with Crippen LogP contribution in [0.5, 0.6) is 34.5 Å². The second kappa shape index (κ2) is 9.87. The average Bonchev–Trinajstić information content (AvgIpc) is 3.25. The molecule has 1 unspecified atom stereocenters. The van der Waals surface area contributed by atoms with Crippen LogP contribution in [0.3, 0.4) is 0 Å². The molecule has 0 amide bonds. The summed E-state index contributed by atoms with van der Waals surface area (Å²) in [6.07, 6.45) is 1.52. The van der Waals surface area contributed by atoms with E-state index in [1.807, 2.05) is 54.6 Å². The van der Waals surface area contributed by atoms with Gasteiger partial charge in [-0.3, -0.25) is 0 Å². The Bertz CT molecular complexity index is 1190. The predicted octanol–water partition coefficient (Wildman–Crippen LogP) is 5.36. The predicted molar refractivity (Wildman–Crippen MR) is 129 cm³/mol. The van der Waals surface area contributed by atoms with Crippen LogP contribution in [0.15, 0.2) is 48.5 Å². The molecule has 0 spiro atoms. The Balaban J connectivity index is 1.88. The zero-order chi connectivity index (χ0) is 24.2. The highest BCUT2D eigenvalue weighted by Crippen LogP contribution is 2.50. The molecule has 0 saturated heterocycles. The number of rotatable bonds is 8. The summed E-state index contributed by atoms with van der Waals surface area (Å²) in [6, 6.07) is 15.2. The summed E-state index contributed by atoms with van der Waals surface area (Å²) in [7, 11) is 9.72. The van der Waals surface area contributed by atoms with Gasteiger partial charge in [-0.2, -0.15) is 0 Å². The van der Waals surface area contributed by atoms with Gasteiger partial charge in [-0.15, -0.1) is 0 Å². The van der Waals surface area contributed by atoms with Crippen LogP contribution in [0.25, 0.3) is 11.8 Å². The van der Waals surface area contributed by atoms with E-state index in [1.165, 1.54) is 0 Å². The summed E-state index contributed by atoms with van der Waals surface area (Å²) in [5.41, 5.74) is 3.53. The van der Waals surface area contributed by atoms with Crippen LogP contribution in [0.1, 0.15) is 28.4 Å². The first-order valence-electron chi connectivity index (χ1n) is 10.6. The van der Waals surface area contributed by atoms with E-state index in [0.717, 1.165) is 22.3 Å². The molecule has 0 N–H and O–H groups in total. The van der Waals surface area contributed by atoms with Gasteiger partial charge in [-0.1, -0.05) is 6.07 Å². The first-order valence-corrected chi connectivity index (χ1v) is 10.6. The maximum atomic E-state index is 6.54. The van der Waals surface area contributed by atoms with Gasteiger partial charge < -0.3 is 33.2 Å². The Hall–Kier alpha value is -4.00. The molecule has 1 heterocycles. The topological polar surface area (TPSA) is 64.6 Å². The van der Waals surface area contributed by atoms with Crippen LogP contribution >= 0.6 is 0 Å². The molecule has 3 aromatic carbocycles. The standard InChI is InChI=1S/C27H28O7/c1-28-18-11-17(12-19(13-18)29-2)27-26-21(14-20(30-3)15-25(26)33-6)23(34-27)9-16-7-8-22(31-4)24(10-16)32-5/h7-15,27H,1-6H3. The van der Waals surface area contributed by atoms with Gasteiger partial charge in [-0.25, -0.2) is 0 Å². The van der Waals surface area contributed by atoms with Gasteiger partial charge in [0.25, 0.3) is 0 Å². The molecule has 1 atom stereocenters. The molecule has 1 aliphatic rings. The smallest absolute Gasteiger partial charge is 0.161 e. The lowest BCUT2D eigenvalue weighted by Gasteiger charge is -2.17. The third-order valence-electron chi connectivity index (χ3n) is 5.73. The van der Waals surface area contributed by atoms with Crippen LogP contribution in [0.2, 0.25) is 0 Å². The number of fused-ring (bicyclic) bond motifs is 1. The van der Waals surface area contributed by atoms with Gasteiger partial charge in [0.1, 0.15) is 28.8 Å². The number of ether oxygens (including phenoxy) is 7. The van der Waals surface area contributed by atoms with Crippen LogP contribution in [0, 0.1) is 0 Å². The molecular weight excluding hydrogens is 436 g/mol. The molecule has 178 valence electrons. The van der Waals surface area contributed by atoms with Crippen molar-refractivity contribution in [3.63, 3.8) is 0 Å². The Morgan fingerprint density at radius 3 is 1.82 bits per heavy atom. The van der Waals surface area contributed by atoms with E-state index in [2.05, 4.69) is 0 Å².